The molecule has 1 N–H and O–H groups in total. The molecule has 5 rings (SSSR count). The third kappa shape index (κ3) is 5.59. The molecule has 37 heavy (non-hydrogen) atoms. The van der Waals surface area contributed by atoms with Crippen molar-refractivity contribution in [2.75, 3.05) is 18.4 Å². The van der Waals surface area contributed by atoms with Crippen LogP contribution in [0.3, 0.4) is 0 Å². The molecule has 2 aromatic heterocycles. The van der Waals surface area contributed by atoms with E-state index in [1.54, 1.807) is 0 Å². The Kier molecular flexibility index (Phi) is 7.65. The molecule has 1 saturated carbocycles. The summed E-state index contributed by atoms with van der Waals surface area (Å²) in [6, 6.07) is 6.84. The first-order chi connectivity index (χ1) is 17.8. The second kappa shape index (κ2) is 10.9. The van der Waals surface area contributed by atoms with Crippen LogP contribution >= 0.6 is 0 Å². The van der Waals surface area contributed by atoms with E-state index in [0.717, 1.165) is 49.5 Å². The van der Waals surface area contributed by atoms with Crippen LogP contribution in [0.15, 0.2) is 24.3 Å². The van der Waals surface area contributed by atoms with E-state index < -0.39 is 17.8 Å². The monoisotopic (exact) mass is 511 g/mol. The highest BCUT2D eigenvalue weighted by Gasteiger charge is 2.28. The fraction of sp³-hybridized carbons (Fsp3) is 0.552. The number of likely N-dealkylation sites (tertiary alicyclic amines) is 1. The molecule has 2 aliphatic rings. The number of benzene rings is 1. The maximum Gasteiger partial charge on any atom is 0.266 e. The van der Waals surface area contributed by atoms with E-state index in [9.17, 15) is 13.2 Å². The van der Waals surface area contributed by atoms with Crippen LogP contribution in [0.5, 0.6) is 0 Å². The number of nitrogens with one attached hydrogen (secondary N) is 1. The van der Waals surface area contributed by atoms with Gasteiger partial charge in [0.2, 0.25) is 0 Å². The van der Waals surface area contributed by atoms with Gasteiger partial charge in [-0.15, -0.1) is 0 Å². The minimum Gasteiger partial charge on any atom is -0.365 e. The van der Waals surface area contributed by atoms with Gasteiger partial charge in [-0.3, -0.25) is 0 Å². The van der Waals surface area contributed by atoms with Gasteiger partial charge >= 0.3 is 0 Å². The van der Waals surface area contributed by atoms with Gasteiger partial charge in [-0.2, -0.15) is 0 Å². The average Bonchev–Trinajstić information content (AvgIpc) is 2.84. The lowest BCUT2D eigenvalue weighted by atomic mass is 9.79. The van der Waals surface area contributed by atoms with Crippen LogP contribution in [0.2, 0.25) is 0 Å². The summed E-state index contributed by atoms with van der Waals surface area (Å²) in [5, 5.41) is 4.00. The van der Waals surface area contributed by atoms with Crippen molar-refractivity contribution in [1.29, 1.82) is 0 Å². The number of piperidine rings is 1. The molecule has 3 aromatic rings. The number of hydrogen-bond donors (Lipinski definition) is 1. The van der Waals surface area contributed by atoms with Crippen molar-refractivity contribution in [3.05, 3.63) is 58.3 Å². The predicted molar refractivity (Wildman–Crippen MR) is 140 cm³/mol. The molecule has 0 unspecified atom stereocenters. The number of halogens is 3. The topological polar surface area (TPSA) is 53.9 Å². The standard InChI is InChI=1S/C29H36F3N5/c1-17(2)37-12-10-20(11-13-37)23-15-24-28(33-16-21-8-5-9-22(26(21)30)27(31)32)34-18(3)35-29(24)36-25(23)14-19-6-4-7-19/h5,8-9,15,17,19-20,27H,4,6-7,10-14,16H2,1-3H3,(H,33,34,35,36). The van der Waals surface area contributed by atoms with Gasteiger partial charge in [-0.05, 0) is 76.6 Å². The molecule has 1 aromatic carbocycles. The van der Waals surface area contributed by atoms with Gasteiger partial charge in [0.1, 0.15) is 17.5 Å². The maximum atomic E-state index is 14.7. The molecule has 2 fully saturated rings. The highest BCUT2D eigenvalue weighted by Crippen LogP contribution is 2.37. The van der Waals surface area contributed by atoms with Crippen molar-refractivity contribution in [3.63, 3.8) is 0 Å². The molecule has 1 aliphatic heterocycles. The van der Waals surface area contributed by atoms with Gasteiger partial charge < -0.3 is 10.2 Å². The zero-order valence-corrected chi connectivity index (χ0v) is 21.9. The molecular weight excluding hydrogens is 475 g/mol. The number of rotatable bonds is 8. The van der Waals surface area contributed by atoms with E-state index in [4.69, 9.17) is 4.98 Å². The molecule has 0 bridgehead atoms. The second-order valence-electron chi connectivity index (χ2n) is 10.9. The van der Waals surface area contributed by atoms with E-state index in [1.165, 1.54) is 37.0 Å². The minimum absolute atomic E-state index is 0.0455. The Balaban J connectivity index is 1.48. The molecule has 0 spiro atoms. The summed E-state index contributed by atoms with van der Waals surface area (Å²) in [5.41, 5.74) is 2.66. The Morgan fingerprint density at radius 3 is 2.46 bits per heavy atom. The first-order valence-corrected chi connectivity index (χ1v) is 13.5. The minimum atomic E-state index is -2.86. The lowest BCUT2D eigenvalue weighted by molar-refractivity contribution is 0.146. The quantitative estimate of drug-likeness (QED) is 0.355. The SMILES string of the molecule is Cc1nc(NCc2cccc(C(F)F)c2F)c2cc(C3CCN(C(C)C)CC3)c(CC3CCC3)nc2n1. The number of fused-ring (bicyclic) bond motifs is 1. The normalized spacial score (nSPS) is 17.6. The van der Waals surface area contributed by atoms with Gasteiger partial charge in [0.05, 0.1) is 10.9 Å². The van der Waals surface area contributed by atoms with Crippen LogP contribution in [0.1, 0.15) is 86.5 Å². The van der Waals surface area contributed by atoms with Crippen LogP contribution in [0.4, 0.5) is 19.0 Å². The van der Waals surface area contributed by atoms with Crippen molar-refractivity contribution >= 4 is 16.9 Å². The molecule has 8 heteroatoms. The molecular formula is C29H36F3N5. The summed E-state index contributed by atoms with van der Waals surface area (Å²) in [6.45, 7) is 8.49. The molecule has 1 saturated heterocycles. The Morgan fingerprint density at radius 1 is 1.05 bits per heavy atom. The summed E-state index contributed by atoms with van der Waals surface area (Å²) in [7, 11) is 0. The van der Waals surface area contributed by atoms with E-state index in [1.807, 2.05) is 6.92 Å². The van der Waals surface area contributed by atoms with E-state index in [0.29, 0.717) is 35.2 Å². The molecule has 0 radical (unpaired) electrons. The van der Waals surface area contributed by atoms with Crippen LogP contribution in [0.25, 0.3) is 11.0 Å². The smallest absolute Gasteiger partial charge is 0.266 e. The maximum absolute atomic E-state index is 14.7. The number of hydrogen-bond acceptors (Lipinski definition) is 5. The fourth-order valence-electron chi connectivity index (χ4n) is 5.65. The Hall–Kier alpha value is -2.74. The van der Waals surface area contributed by atoms with Crippen molar-refractivity contribution in [2.24, 2.45) is 5.92 Å². The Labute approximate surface area is 216 Å². The van der Waals surface area contributed by atoms with E-state index in [2.05, 4.69) is 40.1 Å². The van der Waals surface area contributed by atoms with Gasteiger partial charge in [0.25, 0.3) is 6.43 Å². The summed E-state index contributed by atoms with van der Waals surface area (Å²) in [4.78, 5) is 16.8. The van der Waals surface area contributed by atoms with Crippen molar-refractivity contribution in [1.82, 2.24) is 19.9 Å². The number of nitrogens with zero attached hydrogens (tertiary/aromatic N) is 4. The van der Waals surface area contributed by atoms with Crippen LogP contribution in [-0.2, 0) is 13.0 Å². The van der Waals surface area contributed by atoms with Crippen LogP contribution in [0, 0.1) is 18.7 Å². The molecule has 5 nitrogen and oxygen atoms in total. The zero-order valence-electron chi connectivity index (χ0n) is 21.9. The molecule has 3 heterocycles. The fourth-order valence-corrected chi connectivity index (χ4v) is 5.65. The summed E-state index contributed by atoms with van der Waals surface area (Å²) < 4.78 is 41.0. The molecule has 1 aliphatic carbocycles. The zero-order chi connectivity index (χ0) is 26.1. The highest BCUT2D eigenvalue weighted by molar-refractivity contribution is 5.87. The lowest BCUT2D eigenvalue weighted by Crippen LogP contribution is -2.38. The third-order valence-electron chi connectivity index (χ3n) is 8.11. The first-order valence-electron chi connectivity index (χ1n) is 13.5. The molecule has 0 atom stereocenters. The second-order valence-corrected chi connectivity index (χ2v) is 10.9. The van der Waals surface area contributed by atoms with Gasteiger partial charge in [0, 0.05) is 23.8 Å². The molecule has 0 amide bonds. The third-order valence-corrected chi connectivity index (χ3v) is 8.11. The highest BCUT2D eigenvalue weighted by atomic mass is 19.3. The first kappa shape index (κ1) is 25.9. The summed E-state index contributed by atoms with van der Waals surface area (Å²) in [5.74, 6) is 1.37. The lowest BCUT2D eigenvalue weighted by Gasteiger charge is -2.36. The number of anilines is 1. The summed E-state index contributed by atoms with van der Waals surface area (Å²) >= 11 is 0. The van der Waals surface area contributed by atoms with Gasteiger partial charge in [0.15, 0.2) is 5.65 Å². The number of aryl methyl sites for hydroxylation is 1. The predicted octanol–water partition coefficient (Wildman–Crippen LogP) is 6.95. The number of aromatic nitrogens is 3. The number of alkyl halides is 2. The average molecular weight is 512 g/mol. The van der Waals surface area contributed by atoms with Gasteiger partial charge in [-0.25, -0.2) is 28.1 Å². The Bertz CT molecular complexity index is 1250. The van der Waals surface area contributed by atoms with Crippen molar-refractivity contribution < 1.29 is 13.2 Å². The molecule has 198 valence electrons. The van der Waals surface area contributed by atoms with Crippen LogP contribution in [-0.4, -0.2) is 39.0 Å². The van der Waals surface area contributed by atoms with Gasteiger partial charge in [-0.1, -0.05) is 37.5 Å². The number of pyridine rings is 1. The Morgan fingerprint density at radius 2 is 1.81 bits per heavy atom. The largest absolute Gasteiger partial charge is 0.365 e. The van der Waals surface area contributed by atoms with E-state index in [-0.39, 0.29) is 12.1 Å². The van der Waals surface area contributed by atoms with E-state index >= 15 is 0 Å². The van der Waals surface area contributed by atoms with Crippen molar-refractivity contribution in [3.8, 4) is 0 Å². The van der Waals surface area contributed by atoms with Crippen LogP contribution < -0.4 is 5.32 Å². The summed E-state index contributed by atoms with van der Waals surface area (Å²) in [6.07, 6.45) is 4.10. The van der Waals surface area contributed by atoms with Crippen molar-refractivity contribution in [2.45, 2.75) is 84.2 Å².